The number of aromatic nitrogens is 1. The van der Waals surface area contributed by atoms with Crippen molar-refractivity contribution in [2.24, 2.45) is 0 Å². The van der Waals surface area contributed by atoms with Crippen molar-refractivity contribution >= 4 is 27.6 Å². The van der Waals surface area contributed by atoms with Crippen LogP contribution in [-0.2, 0) is 4.74 Å². The van der Waals surface area contributed by atoms with Crippen molar-refractivity contribution in [3.8, 4) is 5.75 Å². The highest BCUT2D eigenvalue weighted by molar-refractivity contribution is 7.16. The lowest BCUT2D eigenvalue weighted by Crippen LogP contribution is -2.61. The molecule has 2 fully saturated rings. The summed E-state index contributed by atoms with van der Waals surface area (Å²) in [4.78, 5) is 18.5. The maximum absolute atomic E-state index is 12.4. The number of fused-ring (bicyclic) bond motifs is 1. The summed E-state index contributed by atoms with van der Waals surface area (Å²) >= 11 is 1.59. The van der Waals surface area contributed by atoms with E-state index >= 15 is 0 Å². The van der Waals surface area contributed by atoms with Gasteiger partial charge in [0.2, 0.25) is 0 Å². The smallest absolute Gasteiger partial charge is 0.317 e. The number of thiazole rings is 1. The van der Waals surface area contributed by atoms with Crippen LogP contribution in [0.4, 0.5) is 4.79 Å². The normalized spacial score (nSPS) is 23.9. The van der Waals surface area contributed by atoms with E-state index in [9.17, 15) is 9.90 Å². The Kier molecular flexibility index (Phi) is 4.96. The summed E-state index contributed by atoms with van der Waals surface area (Å²) in [5.74, 6) is 0.775. The second kappa shape index (κ2) is 7.26. The molecule has 0 spiro atoms. The Labute approximate surface area is 162 Å². The summed E-state index contributed by atoms with van der Waals surface area (Å²) < 4.78 is 12.8. The first-order valence-corrected chi connectivity index (χ1v) is 10.2. The minimum absolute atomic E-state index is 0.00905. The quantitative estimate of drug-likeness (QED) is 0.836. The van der Waals surface area contributed by atoms with Gasteiger partial charge in [-0.1, -0.05) is 6.07 Å². The first kappa shape index (κ1) is 18.5. The summed E-state index contributed by atoms with van der Waals surface area (Å²) in [6.45, 7) is 5.06. The van der Waals surface area contributed by atoms with E-state index < -0.39 is 5.60 Å². The fourth-order valence-corrected chi connectivity index (χ4v) is 4.20. The van der Waals surface area contributed by atoms with E-state index in [1.807, 2.05) is 23.7 Å². The van der Waals surface area contributed by atoms with Crippen molar-refractivity contribution in [3.05, 3.63) is 23.7 Å². The Hall–Kier alpha value is -1.90. The third-order valence-corrected chi connectivity index (χ3v) is 5.94. The number of hydrogen-bond donors (Lipinski definition) is 2. The number of carbonyl (C=O) groups is 1. The van der Waals surface area contributed by atoms with Crippen molar-refractivity contribution < 1.29 is 19.4 Å². The van der Waals surface area contributed by atoms with Gasteiger partial charge in [-0.05, 0) is 38.8 Å². The molecular weight excluding hydrogens is 366 g/mol. The van der Waals surface area contributed by atoms with Crippen LogP contribution in [0.2, 0.25) is 0 Å². The highest BCUT2D eigenvalue weighted by Gasteiger charge is 2.36. The Morgan fingerprint density at radius 2 is 2.22 bits per heavy atom. The van der Waals surface area contributed by atoms with Crippen LogP contribution < -0.4 is 10.1 Å². The lowest BCUT2D eigenvalue weighted by Gasteiger charge is -2.41. The molecule has 2 aliphatic heterocycles. The van der Waals surface area contributed by atoms with E-state index in [-0.39, 0.29) is 24.3 Å². The second-order valence-corrected chi connectivity index (χ2v) is 8.69. The van der Waals surface area contributed by atoms with Gasteiger partial charge in [0.05, 0.1) is 47.7 Å². The standard InChI is InChI=1S/C19H25N3O4S/c1-19(2,24)16-7-6-12(10-25-16)21-18(23)22-8-13(9-22)26-14-4-3-5-15-17(14)20-11-27-15/h3-5,11-13,16,24H,6-10H2,1-2H3,(H,21,23). The summed E-state index contributed by atoms with van der Waals surface area (Å²) in [5, 5.41) is 13.0. The first-order chi connectivity index (χ1) is 12.9. The van der Waals surface area contributed by atoms with Crippen LogP contribution in [-0.4, -0.2) is 64.6 Å². The van der Waals surface area contributed by atoms with Gasteiger partial charge < -0.3 is 24.8 Å². The number of ether oxygens (including phenoxy) is 2. The molecule has 0 bridgehead atoms. The molecule has 2 atom stereocenters. The predicted molar refractivity (Wildman–Crippen MR) is 103 cm³/mol. The fourth-order valence-electron chi connectivity index (χ4n) is 3.50. The lowest BCUT2D eigenvalue weighted by atomic mass is 9.93. The van der Waals surface area contributed by atoms with E-state index in [0.29, 0.717) is 19.7 Å². The molecule has 3 heterocycles. The number of carbonyl (C=O) groups excluding carboxylic acids is 1. The van der Waals surface area contributed by atoms with E-state index in [1.54, 1.807) is 30.1 Å². The molecule has 1 aromatic carbocycles. The number of nitrogens with zero attached hydrogens (tertiary/aromatic N) is 2. The molecule has 27 heavy (non-hydrogen) atoms. The Morgan fingerprint density at radius 1 is 1.41 bits per heavy atom. The molecular formula is C19H25N3O4S. The van der Waals surface area contributed by atoms with Gasteiger partial charge in [-0.3, -0.25) is 0 Å². The zero-order chi connectivity index (χ0) is 19.0. The third-order valence-electron chi connectivity index (χ3n) is 5.14. The molecule has 0 radical (unpaired) electrons. The number of rotatable bonds is 4. The number of nitrogens with one attached hydrogen (secondary N) is 1. The number of hydrogen-bond acceptors (Lipinski definition) is 6. The molecule has 2 amide bonds. The van der Waals surface area contributed by atoms with Crippen LogP contribution in [0.15, 0.2) is 23.7 Å². The van der Waals surface area contributed by atoms with Gasteiger partial charge >= 0.3 is 6.03 Å². The topological polar surface area (TPSA) is 83.9 Å². The van der Waals surface area contributed by atoms with E-state index in [1.165, 1.54) is 0 Å². The number of benzene rings is 1. The van der Waals surface area contributed by atoms with Crippen LogP contribution in [0.25, 0.3) is 10.2 Å². The Bertz CT molecular complexity index is 805. The predicted octanol–water partition coefficient (Wildman–Crippen LogP) is 2.39. The summed E-state index contributed by atoms with van der Waals surface area (Å²) in [7, 11) is 0. The van der Waals surface area contributed by atoms with Crippen molar-refractivity contribution in [1.82, 2.24) is 15.2 Å². The van der Waals surface area contributed by atoms with Crippen LogP contribution in [0.1, 0.15) is 26.7 Å². The average molecular weight is 391 g/mol. The molecule has 1 aromatic heterocycles. The van der Waals surface area contributed by atoms with Crippen LogP contribution in [0.3, 0.4) is 0 Å². The van der Waals surface area contributed by atoms with Crippen molar-refractivity contribution in [2.75, 3.05) is 19.7 Å². The number of aliphatic hydroxyl groups is 1. The molecule has 2 saturated heterocycles. The number of urea groups is 1. The Morgan fingerprint density at radius 3 is 2.93 bits per heavy atom. The van der Waals surface area contributed by atoms with Gasteiger partial charge in [0, 0.05) is 0 Å². The minimum Gasteiger partial charge on any atom is -0.484 e. The second-order valence-electron chi connectivity index (χ2n) is 7.80. The zero-order valence-electron chi connectivity index (χ0n) is 15.6. The van der Waals surface area contributed by atoms with Crippen LogP contribution in [0, 0.1) is 0 Å². The fraction of sp³-hybridized carbons (Fsp3) is 0.579. The minimum atomic E-state index is -0.850. The maximum Gasteiger partial charge on any atom is 0.317 e. The molecule has 2 unspecified atom stereocenters. The highest BCUT2D eigenvalue weighted by atomic mass is 32.1. The van der Waals surface area contributed by atoms with Gasteiger partial charge in [-0.15, -0.1) is 11.3 Å². The Balaban J connectivity index is 1.23. The van der Waals surface area contributed by atoms with Crippen LogP contribution in [0.5, 0.6) is 5.75 Å². The number of para-hydroxylation sites is 1. The van der Waals surface area contributed by atoms with Crippen molar-refractivity contribution in [1.29, 1.82) is 0 Å². The SMILES string of the molecule is CC(C)(O)C1CCC(NC(=O)N2CC(Oc3cccc4scnc34)C2)CO1. The molecule has 0 aliphatic carbocycles. The molecule has 7 nitrogen and oxygen atoms in total. The zero-order valence-corrected chi connectivity index (χ0v) is 16.4. The summed E-state index contributed by atoms with van der Waals surface area (Å²) in [5.41, 5.74) is 1.84. The molecule has 0 saturated carbocycles. The largest absolute Gasteiger partial charge is 0.484 e. The van der Waals surface area contributed by atoms with Crippen LogP contribution >= 0.6 is 11.3 Å². The van der Waals surface area contributed by atoms with E-state index in [2.05, 4.69) is 10.3 Å². The summed E-state index contributed by atoms with van der Waals surface area (Å²) in [6.07, 6.45) is 1.35. The lowest BCUT2D eigenvalue weighted by molar-refractivity contribution is -0.114. The monoisotopic (exact) mass is 391 g/mol. The van der Waals surface area contributed by atoms with Crippen molar-refractivity contribution in [3.63, 3.8) is 0 Å². The molecule has 4 rings (SSSR count). The molecule has 8 heteroatoms. The number of likely N-dealkylation sites (tertiary alicyclic amines) is 1. The average Bonchev–Trinajstić information content (AvgIpc) is 3.06. The maximum atomic E-state index is 12.4. The van der Waals surface area contributed by atoms with Gasteiger partial charge in [-0.2, -0.15) is 0 Å². The molecule has 2 N–H and O–H groups in total. The molecule has 146 valence electrons. The third kappa shape index (κ3) is 4.02. The van der Waals surface area contributed by atoms with E-state index in [0.717, 1.165) is 28.8 Å². The van der Waals surface area contributed by atoms with Gasteiger partial charge in [0.25, 0.3) is 0 Å². The van der Waals surface area contributed by atoms with Crippen molar-refractivity contribution in [2.45, 2.75) is 50.5 Å². The van der Waals surface area contributed by atoms with Gasteiger partial charge in [0.15, 0.2) is 0 Å². The van der Waals surface area contributed by atoms with Gasteiger partial charge in [-0.25, -0.2) is 9.78 Å². The number of amides is 2. The highest BCUT2D eigenvalue weighted by Crippen LogP contribution is 2.29. The molecule has 2 aliphatic rings. The van der Waals surface area contributed by atoms with E-state index in [4.69, 9.17) is 9.47 Å². The van der Waals surface area contributed by atoms with Gasteiger partial charge in [0.1, 0.15) is 17.4 Å². The molecule has 2 aromatic rings. The first-order valence-electron chi connectivity index (χ1n) is 9.28. The summed E-state index contributed by atoms with van der Waals surface area (Å²) in [6, 6.07) is 5.80.